The number of benzene rings is 2. The van der Waals surface area contributed by atoms with E-state index >= 15 is 0 Å². The standard InChI is InChI=1S/C23H25N3O5/c1-30-20-7-5-19(6-8-20)26-15-17(14-21(26)27)22(28)24-18-4-2-3-16(13-18)23(29)25-9-11-31-12-10-25/h2-8,13,17H,9-12,14-15H2,1H3,(H,24,28). The number of rotatable bonds is 5. The monoisotopic (exact) mass is 423 g/mol. The van der Waals surface area contributed by atoms with Gasteiger partial charge in [-0.05, 0) is 42.5 Å². The van der Waals surface area contributed by atoms with Crippen molar-refractivity contribution in [3.63, 3.8) is 0 Å². The molecule has 0 aromatic heterocycles. The van der Waals surface area contributed by atoms with Crippen LogP contribution < -0.4 is 15.0 Å². The van der Waals surface area contributed by atoms with Crippen LogP contribution in [0.15, 0.2) is 48.5 Å². The molecule has 3 amide bonds. The Morgan fingerprint density at radius 2 is 1.84 bits per heavy atom. The van der Waals surface area contributed by atoms with E-state index in [2.05, 4.69) is 5.32 Å². The van der Waals surface area contributed by atoms with E-state index in [1.807, 2.05) is 0 Å². The number of hydrogen-bond acceptors (Lipinski definition) is 5. The Labute approximate surface area is 180 Å². The van der Waals surface area contributed by atoms with E-state index in [0.717, 1.165) is 5.69 Å². The second-order valence-corrected chi connectivity index (χ2v) is 7.58. The molecule has 2 aromatic carbocycles. The SMILES string of the molecule is COc1ccc(N2CC(C(=O)Nc3cccc(C(=O)N4CCOCC4)c3)CC2=O)cc1. The lowest BCUT2D eigenvalue weighted by Crippen LogP contribution is -2.40. The van der Waals surface area contributed by atoms with Crippen molar-refractivity contribution in [3.05, 3.63) is 54.1 Å². The molecule has 2 heterocycles. The third-order valence-corrected chi connectivity index (χ3v) is 5.56. The van der Waals surface area contributed by atoms with E-state index in [1.54, 1.807) is 65.4 Å². The third kappa shape index (κ3) is 4.69. The van der Waals surface area contributed by atoms with Crippen molar-refractivity contribution in [2.45, 2.75) is 6.42 Å². The first-order chi connectivity index (χ1) is 15.0. The molecule has 1 unspecified atom stereocenters. The molecular formula is C23H25N3O5. The maximum atomic E-state index is 12.8. The molecule has 0 radical (unpaired) electrons. The number of carbonyl (C=O) groups is 3. The van der Waals surface area contributed by atoms with Crippen LogP contribution in [0.3, 0.4) is 0 Å². The number of morpholine rings is 1. The van der Waals surface area contributed by atoms with E-state index in [1.165, 1.54) is 0 Å². The van der Waals surface area contributed by atoms with Crippen LogP contribution in [0.5, 0.6) is 5.75 Å². The summed E-state index contributed by atoms with van der Waals surface area (Å²) in [5, 5.41) is 2.86. The molecule has 8 heteroatoms. The van der Waals surface area contributed by atoms with E-state index in [0.29, 0.717) is 49.8 Å². The average molecular weight is 423 g/mol. The fourth-order valence-corrected chi connectivity index (χ4v) is 3.82. The summed E-state index contributed by atoms with van der Waals surface area (Å²) >= 11 is 0. The largest absolute Gasteiger partial charge is 0.497 e. The van der Waals surface area contributed by atoms with Crippen molar-refractivity contribution < 1.29 is 23.9 Å². The molecule has 2 fully saturated rings. The van der Waals surface area contributed by atoms with Crippen molar-refractivity contribution in [1.29, 1.82) is 0 Å². The summed E-state index contributed by atoms with van der Waals surface area (Å²) in [5.41, 5.74) is 1.79. The first-order valence-electron chi connectivity index (χ1n) is 10.3. The van der Waals surface area contributed by atoms with Gasteiger partial charge in [-0.25, -0.2) is 0 Å². The van der Waals surface area contributed by atoms with Gasteiger partial charge in [-0.3, -0.25) is 14.4 Å². The van der Waals surface area contributed by atoms with Crippen LogP contribution in [0.25, 0.3) is 0 Å². The quantitative estimate of drug-likeness (QED) is 0.796. The predicted molar refractivity (Wildman–Crippen MR) is 115 cm³/mol. The molecule has 2 saturated heterocycles. The topological polar surface area (TPSA) is 88.2 Å². The summed E-state index contributed by atoms with van der Waals surface area (Å²) in [6.07, 6.45) is 0.143. The molecule has 2 aliphatic rings. The smallest absolute Gasteiger partial charge is 0.254 e. The molecule has 4 rings (SSSR count). The minimum absolute atomic E-state index is 0.0823. The van der Waals surface area contributed by atoms with Crippen LogP contribution in [-0.2, 0) is 14.3 Å². The second kappa shape index (κ2) is 9.18. The van der Waals surface area contributed by atoms with Crippen LogP contribution in [0.2, 0.25) is 0 Å². The Balaban J connectivity index is 1.40. The summed E-state index contributed by atoms with van der Waals surface area (Å²) in [6, 6.07) is 14.1. The third-order valence-electron chi connectivity index (χ3n) is 5.56. The van der Waals surface area contributed by atoms with E-state index in [4.69, 9.17) is 9.47 Å². The zero-order valence-electron chi connectivity index (χ0n) is 17.4. The van der Waals surface area contributed by atoms with Gasteiger partial charge < -0.3 is 24.6 Å². The fraction of sp³-hybridized carbons (Fsp3) is 0.348. The van der Waals surface area contributed by atoms with E-state index in [-0.39, 0.29) is 24.1 Å². The van der Waals surface area contributed by atoms with Crippen LogP contribution in [0.4, 0.5) is 11.4 Å². The van der Waals surface area contributed by atoms with E-state index < -0.39 is 5.92 Å². The van der Waals surface area contributed by atoms with Crippen LogP contribution in [0, 0.1) is 5.92 Å². The Hall–Kier alpha value is -3.39. The summed E-state index contributed by atoms with van der Waals surface area (Å²) in [7, 11) is 1.58. The lowest BCUT2D eigenvalue weighted by Gasteiger charge is -2.27. The van der Waals surface area contributed by atoms with Gasteiger partial charge >= 0.3 is 0 Å². The summed E-state index contributed by atoms with van der Waals surface area (Å²) in [4.78, 5) is 41.3. The van der Waals surface area contributed by atoms with Gasteiger partial charge in [-0.1, -0.05) is 6.07 Å². The molecule has 162 valence electrons. The summed E-state index contributed by atoms with van der Waals surface area (Å²) in [5.74, 6) is -0.174. The number of nitrogens with zero attached hydrogens (tertiary/aromatic N) is 2. The zero-order chi connectivity index (χ0) is 21.8. The zero-order valence-corrected chi connectivity index (χ0v) is 17.4. The molecular weight excluding hydrogens is 398 g/mol. The van der Waals surface area contributed by atoms with Gasteiger partial charge in [0.2, 0.25) is 11.8 Å². The summed E-state index contributed by atoms with van der Waals surface area (Å²) in [6.45, 7) is 2.48. The van der Waals surface area contributed by atoms with Crippen molar-refractivity contribution in [1.82, 2.24) is 4.90 Å². The molecule has 0 saturated carbocycles. The molecule has 0 bridgehead atoms. The molecule has 0 spiro atoms. The van der Waals surface area contributed by atoms with Gasteiger partial charge in [0, 0.05) is 43.0 Å². The first-order valence-corrected chi connectivity index (χ1v) is 10.3. The Kier molecular flexibility index (Phi) is 6.18. The number of carbonyl (C=O) groups excluding carboxylic acids is 3. The lowest BCUT2D eigenvalue weighted by molar-refractivity contribution is -0.122. The maximum absolute atomic E-state index is 12.8. The average Bonchev–Trinajstić information content (AvgIpc) is 3.21. The number of amides is 3. The fourth-order valence-electron chi connectivity index (χ4n) is 3.82. The number of ether oxygens (including phenoxy) is 2. The number of nitrogens with one attached hydrogen (secondary N) is 1. The highest BCUT2D eigenvalue weighted by molar-refractivity contribution is 6.04. The number of anilines is 2. The number of hydrogen-bond donors (Lipinski definition) is 1. The maximum Gasteiger partial charge on any atom is 0.254 e. The first kappa shape index (κ1) is 20.9. The van der Waals surface area contributed by atoms with Crippen LogP contribution in [0.1, 0.15) is 16.8 Å². The van der Waals surface area contributed by atoms with Crippen molar-refractivity contribution in [3.8, 4) is 5.75 Å². The molecule has 1 atom stereocenters. The number of methoxy groups -OCH3 is 1. The minimum atomic E-state index is -0.465. The van der Waals surface area contributed by atoms with Crippen molar-refractivity contribution in [2.24, 2.45) is 5.92 Å². The summed E-state index contributed by atoms with van der Waals surface area (Å²) < 4.78 is 10.4. The van der Waals surface area contributed by atoms with Crippen LogP contribution in [-0.4, -0.2) is 62.6 Å². The van der Waals surface area contributed by atoms with Gasteiger partial charge in [0.15, 0.2) is 0 Å². The predicted octanol–water partition coefficient (Wildman–Crippen LogP) is 2.16. The minimum Gasteiger partial charge on any atom is -0.497 e. The highest BCUT2D eigenvalue weighted by Gasteiger charge is 2.35. The van der Waals surface area contributed by atoms with Gasteiger partial charge in [-0.15, -0.1) is 0 Å². The molecule has 2 aromatic rings. The molecule has 2 aliphatic heterocycles. The molecule has 1 N–H and O–H groups in total. The van der Waals surface area contributed by atoms with Gasteiger partial charge in [0.1, 0.15) is 5.75 Å². The van der Waals surface area contributed by atoms with Crippen molar-refractivity contribution >= 4 is 29.1 Å². The lowest BCUT2D eigenvalue weighted by atomic mass is 10.1. The van der Waals surface area contributed by atoms with Crippen molar-refractivity contribution in [2.75, 3.05) is 50.2 Å². The highest BCUT2D eigenvalue weighted by atomic mass is 16.5. The Morgan fingerprint density at radius 3 is 2.55 bits per heavy atom. The van der Waals surface area contributed by atoms with Gasteiger partial charge in [-0.2, -0.15) is 0 Å². The molecule has 8 nitrogen and oxygen atoms in total. The second-order valence-electron chi connectivity index (χ2n) is 7.58. The molecule has 31 heavy (non-hydrogen) atoms. The van der Waals surface area contributed by atoms with Crippen LogP contribution >= 0.6 is 0 Å². The van der Waals surface area contributed by atoms with E-state index in [9.17, 15) is 14.4 Å². The van der Waals surface area contributed by atoms with Gasteiger partial charge in [0.25, 0.3) is 5.91 Å². The highest BCUT2D eigenvalue weighted by Crippen LogP contribution is 2.27. The van der Waals surface area contributed by atoms with Gasteiger partial charge in [0.05, 0.1) is 26.2 Å². The Bertz CT molecular complexity index is 969. The normalized spacial score (nSPS) is 18.7. The molecule has 0 aliphatic carbocycles. The Morgan fingerprint density at radius 1 is 1.10 bits per heavy atom.